The van der Waals surface area contributed by atoms with Gasteiger partial charge in [0.15, 0.2) is 0 Å². The van der Waals surface area contributed by atoms with Gasteiger partial charge < -0.3 is 10.2 Å². The van der Waals surface area contributed by atoms with E-state index in [4.69, 9.17) is 0 Å². The van der Waals surface area contributed by atoms with Crippen LogP contribution in [0.4, 0.5) is 5.69 Å². The zero-order valence-electron chi connectivity index (χ0n) is 13.2. The monoisotopic (exact) mass is 327 g/mol. The first-order valence-electron chi connectivity index (χ1n) is 8.12. The number of hydrogen-bond acceptors (Lipinski definition) is 4. The van der Waals surface area contributed by atoms with Crippen LogP contribution in [0, 0.1) is 17.2 Å². The second kappa shape index (κ2) is 6.29. The van der Waals surface area contributed by atoms with Crippen molar-refractivity contribution in [3.8, 4) is 6.07 Å². The molecular formula is C18H21N3OS. The second-order valence-electron chi connectivity index (χ2n) is 6.32. The Morgan fingerprint density at radius 3 is 2.57 bits per heavy atom. The number of amides is 1. The van der Waals surface area contributed by atoms with E-state index < -0.39 is 5.66 Å². The van der Waals surface area contributed by atoms with Crippen molar-refractivity contribution in [2.75, 3.05) is 4.90 Å². The Hall–Kier alpha value is -1.93. The van der Waals surface area contributed by atoms with E-state index in [2.05, 4.69) is 24.9 Å². The van der Waals surface area contributed by atoms with E-state index >= 15 is 0 Å². The molecule has 1 spiro atoms. The van der Waals surface area contributed by atoms with E-state index in [0.29, 0.717) is 10.9 Å². The second-order valence-corrected chi connectivity index (χ2v) is 6.74. The van der Waals surface area contributed by atoms with Gasteiger partial charge in [0.05, 0.1) is 5.03 Å². The van der Waals surface area contributed by atoms with Gasteiger partial charge in [0, 0.05) is 5.69 Å². The summed E-state index contributed by atoms with van der Waals surface area (Å²) in [6.07, 6.45) is 5.05. The fraction of sp³-hybridized carbons (Fsp3) is 0.444. The number of carbonyl (C=O) groups excluding carboxylic acids is 1. The summed E-state index contributed by atoms with van der Waals surface area (Å²) in [5, 5.41) is 12.9. The molecule has 1 aromatic rings. The van der Waals surface area contributed by atoms with Crippen molar-refractivity contribution in [1.29, 1.82) is 5.26 Å². The number of nitriles is 1. The minimum absolute atomic E-state index is 0.0837. The highest BCUT2D eigenvalue weighted by molar-refractivity contribution is 7.84. The first kappa shape index (κ1) is 15.9. The molecule has 0 aromatic heterocycles. The van der Waals surface area contributed by atoms with Crippen LogP contribution in [-0.4, -0.2) is 11.6 Å². The number of benzene rings is 1. The number of carbonyl (C=O) groups is 1. The molecule has 1 N–H and O–H groups in total. The molecule has 1 saturated carbocycles. The molecule has 1 aliphatic carbocycles. The minimum atomic E-state index is -0.471. The Bertz CT molecular complexity index is 669. The highest BCUT2D eigenvalue weighted by Gasteiger charge is 2.47. The summed E-state index contributed by atoms with van der Waals surface area (Å²) in [6, 6.07) is 11.9. The van der Waals surface area contributed by atoms with Crippen LogP contribution >= 0.6 is 12.6 Å². The largest absolute Gasteiger partial charge is 0.328 e. The van der Waals surface area contributed by atoms with Crippen molar-refractivity contribution >= 4 is 24.2 Å². The first-order chi connectivity index (χ1) is 11.1. The van der Waals surface area contributed by atoms with Gasteiger partial charge in [0.25, 0.3) is 5.91 Å². The summed E-state index contributed by atoms with van der Waals surface area (Å²) in [5.74, 6) is 0.402. The van der Waals surface area contributed by atoms with Gasteiger partial charge >= 0.3 is 0 Å². The molecule has 1 aliphatic heterocycles. The zero-order chi connectivity index (χ0) is 16.4. The highest BCUT2D eigenvalue weighted by Crippen LogP contribution is 2.43. The van der Waals surface area contributed by atoms with E-state index in [9.17, 15) is 10.1 Å². The van der Waals surface area contributed by atoms with Crippen LogP contribution in [0.2, 0.25) is 0 Å². The maximum absolute atomic E-state index is 12.4. The third kappa shape index (κ3) is 2.72. The topological polar surface area (TPSA) is 56.1 Å². The van der Waals surface area contributed by atoms with Crippen LogP contribution in [-0.2, 0) is 4.79 Å². The lowest BCUT2D eigenvalue weighted by Gasteiger charge is -2.51. The molecule has 1 aromatic carbocycles. The fourth-order valence-corrected chi connectivity index (χ4v) is 4.16. The van der Waals surface area contributed by atoms with Crippen molar-refractivity contribution in [2.45, 2.75) is 44.7 Å². The van der Waals surface area contributed by atoms with Crippen molar-refractivity contribution in [2.24, 2.45) is 5.92 Å². The van der Waals surface area contributed by atoms with Gasteiger partial charge in [-0.15, -0.1) is 12.6 Å². The van der Waals surface area contributed by atoms with Crippen molar-refractivity contribution in [1.82, 2.24) is 5.32 Å². The molecule has 0 atom stereocenters. The molecule has 0 radical (unpaired) electrons. The summed E-state index contributed by atoms with van der Waals surface area (Å²) < 4.78 is 0. The minimum Gasteiger partial charge on any atom is -0.328 e. The SMILES string of the molecule is CCC1CCC2(CC1)NC(=O)C(C#N)=C(S)N2c1ccccc1. The number of nitrogens with zero attached hydrogens (tertiary/aromatic N) is 2. The summed E-state index contributed by atoms with van der Waals surface area (Å²) in [6.45, 7) is 2.22. The third-order valence-electron chi connectivity index (χ3n) is 5.07. The molecule has 23 heavy (non-hydrogen) atoms. The lowest BCUT2D eigenvalue weighted by atomic mass is 9.78. The van der Waals surface area contributed by atoms with Crippen molar-refractivity contribution in [3.63, 3.8) is 0 Å². The zero-order valence-corrected chi connectivity index (χ0v) is 14.1. The van der Waals surface area contributed by atoms with Crippen molar-refractivity contribution < 1.29 is 4.79 Å². The molecule has 0 bridgehead atoms. The van der Waals surface area contributed by atoms with Gasteiger partial charge in [0.1, 0.15) is 17.3 Å². The maximum Gasteiger partial charge on any atom is 0.266 e. The van der Waals surface area contributed by atoms with Crippen LogP contribution < -0.4 is 10.2 Å². The predicted octanol–water partition coefficient (Wildman–Crippen LogP) is 3.58. The summed E-state index contributed by atoms with van der Waals surface area (Å²) in [4.78, 5) is 14.4. The molecule has 4 nitrogen and oxygen atoms in total. The summed E-state index contributed by atoms with van der Waals surface area (Å²) in [5.41, 5.74) is 0.572. The average Bonchev–Trinajstić information content (AvgIpc) is 2.56. The molecule has 3 rings (SSSR count). The van der Waals surface area contributed by atoms with Crippen LogP contribution in [0.15, 0.2) is 40.9 Å². The molecule has 1 heterocycles. The molecule has 1 amide bonds. The number of nitrogens with one attached hydrogen (secondary N) is 1. The predicted molar refractivity (Wildman–Crippen MR) is 93.7 cm³/mol. The third-order valence-corrected chi connectivity index (χ3v) is 5.50. The van der Waals surface area contributed by atoms with E-state index in [1.165, 1.54) is 6.42 Å². The van der Waals surface area contributed by atoms with Gasteiger partial charge in [-0.1, -0.05) is 31.5 Å². The molecule has 120 valence electrons. The maximum atomic E-state index is 12.4. The summed E-state index contributed by atoms with van der Waals surface area (Å²) in [7, 11) is 0. The Labute approximate surface area is 142 Å². The van der Waals surface area contributed by atoms with E-state index in [-0.39, 0.29) is 11.5 Å². The number of para-hydroxylation sites is 1. The van der Waals surface area contributed by atoms with Gasteiger partial charge in [-0.3, -0.25) is 4.79 Å². The van der Waals surface area contributed by atoms with Crippen LogP contribution in [0.5, 0.6) is 0 Å². The summed E-state index contributed by atoms with van der Waals surface area (Å²) >= 11 is 4.55. The molecule has 5 heteroatoms. The Morgan fingerprint density at radius 2 is 2.00 bits per heavy atom. The first-order valence-corrected chi connectivity index (χ1v) is 8.57. The van der Waals surface area contributed by atoms with Gasteiger partial charge in [0.2, 0.25) is 0 Å². The highest BCUT2D eigenvalue weighted by atomic mass is 32.1. The number of anilines is 1. The van der Waals surface area contributed by atoms with Crippen LogP contribution in [0.3, 0.4) is 0 Å². The molecular weight excluding hydrogens is 306 g/mol. The molecule has 2 aliphatic rings. The number of rotatable bonds is 2. The standard InChI is InChI=1S/C18H21N3OS/c1-2-13-8-10-18(11-9-13)20-16(22)15(12-19)17(23)21(18)14-6-4-3-5-7-14/h3-7,13,23H,2,8-11H2,1H3,(H,20,22). The Kier molecular flexibility index (Phi) is 4.36. The van der Waals surface area contributed by atoms with E-state index in [1.54, 1.807) is 0 Å². The Morgan fingerprint density at radius 1 is 1.35 bits per heavy atom. The lowest BCUT2D eigenvalue weighted by molar-refractivity contribution is -0.120. The quantitative estimate of drug-likeness (QED) is 0.816. The van der Waals surface area contributed by atoms with E-state index in [0.717, 1.165) is 31.4 Å². The fourth-order valence-electron chi connectivity index (χ4n) is 3.71. The smallest absolute Gasteiger partial charge is 0.266 e. The van der Waals surface area contributed by atoms with Gasteiger partial charge in [-0.05, 0) is 43.7 Å². The normalized spacial score (nSPS) is 27.8. The Balaban J connectivity index is 2.06. The number of thiol groups is 1. The number of hydrogen-bond donors (Lipinski definition) is 2. The van der Waals surface area contributed by atoms with Crippen molar-refractivity contribution in [3.05, 3.63) is 40.9 Å². The van der Waals surface area contributed by atoms with Gasteiger partial charge in [-0.2, -0.15) is 5.26 Å². The lowest BCUT2D eigenvalue weighted by Crippen LogP contribution is -2.64. The van der Waals surface area contributed by atoms with Crippen LogP contribution in [0.1, 0.15) is 39.0 Å². The van der Waals surface area contributed by atoms with Crippen LogP contribution in [0.25, 0.3) is 0 Å². The average molecular weight is 327 g/mol. The molecule has 1 fully saturated rings. The van der Waals surface area contributed by atoms with Gasteiger partial charge in [-0.25, -0.2) is 0 Å². The molecule has 0 unspecified atom stereocenters. The molecule has 0 saturated heterocycles. The van der Waals surface area contributed by atoms with E-state index in [1.807, 2.05) is 41.3 Å².